The third kappa shape index (κ3) is 4.22. The van der Waals surface area contributed by atoms with E-state index in [2.05, 4.69) is 4.98 Å². The monoisotopic (exact) mass is 418 g/mol. The van der Waals surface area contributed by atoms with Crippen molar-refractivity contribution in [1.29, 1.82) is 0 Å². The summed E-state index contributed by atoms with van der Waals surface area (Å²) in [6.45, 7) is 0.528. The van der Waals surface area contributed by atoms with Crippen LogP contribution in [0.3, 0.4) is 0 Å². The van der Waals surface area contributed by atoms with Crippen LogP contribution in [0.25, 0.3) is 22.3 Å². The summed E-state index contributed by atoms with van der Waals surface area (Å²) in [5, 5.41) is 10.0. The highest BCUT2D eigenvalue weighted by molar-refractivity contribution is 5.87. The van der Waals surface area contributed by atoms with Crippen molar-refractivity contribution in [3.05, 3.63) is 77.6 Å². The Morgan fingerprint density at radius 2 is 1.94 bits per heavy atom. The molecule has 0 aliphatic rings. The molecule has 7 heteroatoms. The normalized spacial score (nSPS) is 10.9. The molecule has 4 aromatic rings. The first-order valence-corrected chi connectivity index (χ1v) is 9.77. The largest absolute Gasteiger partial charge is 0.494 e. The van der Waals surface area contributed by atoms with E-state index in [0.717, 1.165) is 16.5 Å². The summed E-state index contributed by atoms with van der Waals surface area (Å²) in [6, 6.07) is 16.7. The van der Waals surface area contributed by atoms with E-state index in [0.29, 0.717) is 34.1 Å². The van der Waals surface area contributed by atoms with E-state index in [4.69, 9.17) is 24.7 Å². The van der Waals surface area contributed by atoms with E-state index in [1.54, 1.807) is 31.5 Å². The van der Waals surface area contributed by atoms with Crippen LogP contribution in [0, 0.1) is 0 Å². The molecule has 0 unspecified atom stereocenters. The minimum Gasteiger partial charge on any atom is -0.494 e. The topological polar surface area (TPSA) is 108 Å². The third-order valence-electron chi connectivity index (χ3n) is 4.99. The number of carbonyl (C=O) groups is 1. The van der Waals surface area contributed by atoms with Crippen molar-refractivity contribution in [3.8, 4) is 22.8 Å². The molecule has 0 saturated heterocycles. The van der Waals surface area contributed by atoms with Crippen LogP contribution >= 0.6 is 0 Å². The van der Waals surface area contributed by atoms with Gasteiger partial charge in [0.2, 0.25) is 0 Å². The summed E-state index contributed by atoms with van der Waals surface area (Å²) in [5.74, 6) is 0.877. The van der Waals surface area contributed by atoms with Gasteiger partial charge in [-0.05, 0) is 24.3 Å². The van der Waals surface area contributed by atoms with Gasteiger partial charge in [0.05, 0.1) is 24.8 Å². The molecule has 0 atom stereocenters. The van der Waals surface area contributed by atoms with Crippen LogP contribution < -0.4 is 15.2 Å². The van der Waals surface area contributed by atoms with E-state index in [1.165, 1.54) is 0 Å². The van der Waals surface area contributed by atoms with Crippen LogP contribution in [-0.4, -0.2) is 23.2 Å². The number of furan rings is 1. The molecule has 0 fully saturated rings. The molecule has 0 saturated carbocycles. The Balaban J connectivity index is 1.67. The number of carboxylic acid groups (broad SMARTS) is 1. The second-order valence-electron chi connectivity index (χ2n) is 6.95. The van der Waals surface area contributed by atoms with E-state index in [-0.39, 0.29) is 19.6 Å². The van der Waals surface area contributed by atoms with Gasteiger partial charge in [0.25, 0.3) is 0 Å². The quantitative estimate of drug-likeness (QED) is 0.442. The van der Waals surface area contributed by atoms with Crippen molar-refractivity contribution < 1.29 is 23.8 Å². The Labute approximate surface area is 179 Å². The average Bonchev–Trinajstić information content (AvgIpc) is 3.22. The molecule has 0 aliphatic carbocycles. The summed E-state index contributed by atoms with van der Waals surface area (Å²) < 4.78 is 17.6. The smallest absolute Gasteiger partial charge is 0.307 e. The zero-order chi connectivity index (χ0) is 21.8. The SMILES string of the molecule is COc1c(-c2cc3c(COc4ccccc4CC(=O)O)cccc3o2)ccnc1CN. The number of para-hydroxylation sites is 1. The molecule has 2 aromatic carbocycles. The van der Waals surface area contributed by atoms with Gasteiger partial charge < -0.3 is 24.7 Å². The Hall–Kier alpha value is -3.84. The molecule has 2 heterocycles. The highest BCUT2D eigenvalue weighted by atomic mass is 16.5. The average molecular weight is 418 g/mol. The standard InChI is InChI=1S/C24H22N2O5/c1-29-24-17(9-10-26-19(24)13-25)22-12-18-16(6-4-8-21(18)31-22)14-30-20-7-3-2-5-15(20)11-23(27)28/h2-10,12H,11,13-14,25H2,1H3,(H,27,28). The number of pyridine rings is 1. The molecule has 3 N–H and O–H groups in total. The van der Waals surface area contributed by atoms with E-state index >= 15 is 0 Å². The molecule has 31 heavy (non-hydrogen) atoms. The number of ether oxygens (including phenoxy) is 2. The number of benzene rings is 2. The molecule has 0 amide bonds. The number of hydrogen-bond donors (Lipinski definition) is 2. The highest BCUT2D eigenvalue weighted by Gasteiger charge is 2.17. The zero-order valence-electron chi connectivity index (χ0n) is 17.0. The molecule has 7 nitrogen and oxygen atoms in total. The number of nitrogens with two attached hydrogens (primary N) is 1. The van der Waals surface area contributed by atoms with Gasteiger partial charge in [-0.1, -0.05) is 30.3 Å². The minimum absolute atomic E-state index is 0.0957. The van der Waals surface area contributed by atoms with Gasteiger partial charge in [-0.3, -0.25) is 9.78 Å². The maximum atomic E-state index is 11.1. The first-order chi connectivity index (χ1) is 15.1. The lowest BCUT2D eigenvalue weighted by molar-refractivity contribution is -0.136. The lowest BCUT2D eigenvalue weighted by Gasteiger charge is -2.10. The van der Waals surface area contributed by atoms with Gasteiger partial charge >= 0.3 is 5.97 Å². The Morgan fingerprint density at radius 3 is 2.71 bits per heavy atom. The number of rotatable bonds is 8. The number of aliphatic carboxylic acids is 1. The highest BCUT2D eigenvalue weighted by Crippen LogP contribution is 2.36. The fourth-order valence-electron chi connectivity index (χ4n) is 3.55. The summed E-state index contributed by atoms with van der Waals surface area (Å²) in [6.07, 6.45) is 1.58. The number of aromatic nitrogens is 1. The minimum atomic E-state index is -0.902. The van der Waals surface area contributed by atoms with Crippen LogP contribution in [0.15, 0.2) is 65.2 Å². The van der Waals surface area contributed by atoms with Crippen molar-refractivity contribution in [2.24, 2.45) is 5.73 Å². The number of methoxy groups -OCH3 is 1. The van der Waals surface area contributed by atoms with Gasteiger partial charge in [-0.25, -0.2) is 0 Å². The molecule has 2 aromatic heterocycles. The Kier molecular flexibility index (Phi) is 5.86. The molecular weight excluding hydrogens is 396 g/mol. The van der Waals surface area contributed by atoms with Crippen LogP contribution in [0.4, 0.5) is 0 Å². The Morgan fingerprint density at radius 1 is 1.13 bits per heavy atom. The van der Waals surface area contributed by atoms with Crippen LogP contribution in [0.5, 0.6) is 11.5 Å². The predicted octanol–water partition coefficient (Wildman–Crippen LogP) is 4.17. The maximum Gasteiger partial charge on any atom is 0.307 e. The maximum absolute atomic E-state index is 11.1. The van der Waals surface area contributed by atoms with Crippen LogP contribution in [0.2, 0.25) is 0 Å². The lowest BCUT2D eigenvalue weighted by atomic mass is 10.1. The third-order valence-corrected chi connectivity index (χ3v) is 4.99. The number of carboxylic acids is 1. The molecule has 0 bridgehead atoms. The fourth-order valence-corrected chi connectivity index (χ4v) is 3.55. The first kappa shape index (κ1) is 20.4. The van der Waals surface area contributed by atoms with Gasteiger partial charge in [0.15, 0.2) is 5.75 Å². The van der Waals surface area contributed by atoms with Gasteiger partial charge in [-0.2, -0.15) is 0 Å². The molecule has 4 rings (SSSR count). The summed E-state index contributed by atoms with van der Waals surface area (Å²) in [4.78, 5) is 15.4. The van der Waals surface area contributed by atoms with Crippen molar-refractivity contribution in [1.82, 2.24) is 4.98 Å². The number of fused-ring (bicyclic) bond motifs is 1. The summed E-state index contributed by atoms with van der Waals surface area (Å²) >= 11 is 0. The van der Waals surface area contributed by atoms with Crippen molar-refractivity contribution in [2.75, 3.05) is 7.11 Å². The van der Waals surface area contributed by atoms with Crippen LogP contribution in [0.1, 0.15) is 16.8 Å². The number of nitrogens with zero attached hydrogens (tertiary/aromatic N) is 1. The zero-order valence-corrected chi connectivity index (χ0v) is 17.0. The second kappa shape index (κ2) is 8.89. The molecule has 158 valence electrons. The van der Waals surface area contributed by atoms with E-state index in [9.17, 15) is 4.79 Å². The van der Waals surface area contributed by atoms with Gasteiger partial charge in [0, 0.05) is 29.3 Å². The fraction of sp³-hybridized carbons (Fsp3) is 0.167. The molecule has 0 radical (unpaired) electrons. The van der Waals surface area contributed by atoms with E-state index < -0.39 is 5.97 Å². The summed E-state index contributed by atoms with van der Waals surface area (Å²) in [5.41, 5.74) is 9.47. The summed E-state index contributed by atoms with van der Waals surface area (Å²) in [7, 11) is 1.58. The van der Waals surface area contributed by atoms with Crippen molar-refractivity contribution in [3.63, 3.8) is 0 Å². The molecular formula is C24H22N2O5. The molecule has 0 aliphatic heterocycles. The lowest BCUT2D eigenvalue weighted by Crippen LogP contribution is -2.04. The van der Waals surface area contributed by atoms with Crippen LogP contribution in [-0.2, 0) is 24.4 Å². The first-order valence-electron chi connectivity index (χ1n) is 9.77. The van der Waals surface area contributed by atoms with Gasteiger partial charge in [-0.15, -0.1) is 0 Å². The predicted molar refractivity (Wildman–Crippen MR) is 116 cm³/mol. The Bertz CT molecular complexity index is 1230. The van der Waals surface area contributed by atoms with E-state index in [1.807, 2.05) is 36.4 Å². The molecule has 0 spiro atoms. The second-order valence-corrected chi connectivity index (χ2v) is 6.95. The van der Waals surface area contributed by atoms with Gasteiger partial charge in [0.1, 0.15) is 23.7 Å². The van der Waals surface area contributed by atoms with Crippen molar-refractivity contribution in [2.45, 2.75) is 19.6 Å². The van der Waals surface area contributed by atoms with Crippen molar-refractivity contribution >= 4 is 16.9 Å². The number of hydrogen-bond acceptors (Lipinski definition) is 6.